The molecular weight excluding hydrogens is 196 g/mol. The van der Waals surface area contributed by atoms with E-state index in [1.807, 2.05) is 0 Å². The van der Waals surface area contributed by atoms with Crippen molar-refractivity contribution in [1.29, 1.82) is 0 Å². The lowest BCUT2D eigenvalue weighted by molar-refractivity contribution is 0.585. The molecule has 0 spiro atoms. The topological polar surface area (TPSA) is 26.0 Å². The number of hydrogen-bond donors (Lipinski definition) is 1. The molecule has 0 heterocycles. The average Bonchev–Trinajstić information content (AvgIpc) is 2.75. The predicted octanol–water partition coefficient (Wildman–Crippen LogP) is 2.43. The Morgan fingerprint density at radius 2 is 1.92 bits per heavy atom. The van der Waals surface area contributed by atoms with Crippen molar-refractivity contribution in [3.63, 3.8) is 0 Å². The quantitative estimate of drug-likeness (QED) is 0.697. The number of benzene rings is 1. The van der Waals surface area contributed by atoms with Gasteiger partial charge in [0.25, 0.3) is 0 Å². The minimum absolute atomic E-state index is 0.0323. The number of nitrogens with two attached hydrogens (primary N) is 1. The van der Waals surface area contributed by atoms with Crippen LogP contribution in [-0.2, 0) is 0 Å². The van der Waals surface area contributed by atoms with Crippen molar-refractivity contribution in [3.8, 4) is 0 Å². The minimum Gasteiger partial charge on any atom is -0.327 e. The van der Waals surface area contributed by atoms with E-state index in [4.69, 9.17) is 17.3 Å². The minimum atomic E-state index is -0.586. The van der Waals surface area contributed by atoms with Gasteiger partial charge in [0.2, 0.25) is 0 Å². The fourth-order valence-corrected chi connectivity index (χ4v) is 1.54. The first kappa shape index (κ1) is 8.91. The highest BCUT2D eigenvalue weighted by Crippen LogP contribution is 2.41. The Bertz CT molecular complexity index is 354. The molecule has 1 aromatic rings. The van der Waals surface area contributed by atoms with E-state index in [2.05, 4.69) is 0 Å². The lowest BCUT2D eigenvalue weighted by atomic mass is 10.1. The maximum absolute atomic E-state index is 13.2. The Kier molecular flexibility index (Phi) is 2.00. The summed E-state index contributed by atoms with van der Waals surface area (Å²) in [6.07, 6.45) is 0.720. The zero-order valence-electron chi connectivity index (χ0n) is 6.73. The van der Waals surface area contributed by atoms with Gasteiger partial charge in [0.05, 0.1) is 5.02 Å². The van der Waals surface area contributed by atoms with Gasteiger partial charge in [-0.3, -0.25) is 0 Å². The summed E-state index contributed by atoms with van der Waals surface area (Å²) in [5.74, 6) is -1.09. The molecule has 2 N–H and O–H groups in total. The van der Waals surface area contributed by atoms with Gasteiger partial charge in [0.1, 0.15) is 11.6 Å². The highest BCUT2D eigenvalue weighted by atomic mass is 35.5. The molecule has 13 heavy (non-hydrogen) atoms. The molecule has 0 amide bonds. The van der Waals surface area contributed by atoms with Gasteiger partial charge in [-0.1, -0.05) is 11.6 Å². The van der Waals surface area contributed by atoms with Crippen LogP contribution in [0.3, 0.4) is 0 Å². The number of rotatable bonds is 1. The average molecular weight is 204 g/mol. The second-order valence-electron chi connectivity index (χ2n) is 3.29. The summed E-state index contributed by atoms with van der Waals surface area (Å²) >= 11 is 5.40. The molecule has 0 unspecified atom stereocenters. The first-order valence-electron chi connectivity index (χ1n) is 3.99. The number of halogens is 3. The third-order valence-corrected chi connectivity index (χ3v) is 2.57. The molecule has 1 fully saturated rings. The normalized spacial score (nSPS) is 26.2. The summed E-state index contributed by atoms with van der Waals surface area (Å²) in [4.78, 5) is 0. The standard InChI is InChI=1S/C9H8ClF2N/c10-6-3-7(11)4(1-8(6)12)5-2-9(5)13/h1,3,5,9H,2,13H2/t5-,9-/m1/s1. The summed E-state index contributed by atoms with van der Waals surface area (Å²) in [7, 11) is 0. The van der Waals surface area contributed by atoms with Crippen LogP contribution in [0.4, 0.5) is 8.78 Å². The monoisotopic (exact) mass is 203 g/mol. The Morgan fingerprint density at radius 3 is 2.46 bits per heavy atom. The summed E-state index contributed by atoms with van der Waals surface area (Å²) in [6.45, 7) is 0. The zero-order chi connectivity index (χ0) is 9.59. The van der Waals surface area contributed by atoms with Gasteiger partial charge in [-0.05, 0) is 24.1 Å². The maximum Gasteiger partial charge on any atom is 0.142 e. The van der Waals surface area contributed by atoms with Crippen LogP contribution in [-0.4, -0.2) is 6.04 Å². The molecule has 0 aliphatic heterocycles. The van der Waals surface area contributed by atoms with Gasteiger partial charge >= 0.3 is 0 Å². The molecule has 1 aromatic carbocycles. The summed E-state index contributed by atoms with van der Waals surface area (Å²) in [5, 5.41) is -0.185. The van der Waals surface area contributed by atoms with Crippen LogP contribution < -0.4 is 5.73 Å². The molecule has 2 rings (SSSR count). The van der Waals surface area contributed by atoms with E-state index in [-0.39, 0.29) is 17.0 Å². The van der Waals surface area contributed by atoms with E-state index < -0.39 is 11.6 Å². The second kappa shape index (κ2) is 2.93. The van der Waals surface area contributed by atoms with E-state index >= 15 is 0 Å². The van der Waals surface area contributed by atoms with E-state index in [1.54, 1.807) is 0 Å². The second-order valence-corrected chi connectivity index (χ2v) is 3.70. The predicted molar refractivity (Wildman–Crippen MR) is 46.7 cm³/mol. The third-order valence-electron chi connectivity index (χ3n) is 2.28. The van der Waals surface area contributed by atoms with Crippen molar-refractivity contribution in [1.82, 2.24) is 0 Å². The number of hydrogen-bond acceptors (Lipinski definition) is 1. The molecule has 0 saturated heterocycles. The largest absolute Gasteiger partial charge is 0.327 e. The molecule has 1 aliphatic rings. The Morgan fingerprint density at radius 1 is 1.31 bits per heavy atom. The first-order valence-corrected chi connectivity index (χ1v) is 4.37. The molecule has 0 radical (unpaired) electrons. The first-order chi connectivity index (χ1) is 6.09. The van der Waals surface area contributed by atoms with Crippen molar-refractivity contribution in [2.75, 3.05) is 0 Å². The summed E-state index contributed by atoms with van der Waals surface area (Å²) in [5.41, 5.74) is 5.88. The van der Waals surface area contributed by atoms with E-state index in [0.717, 1.165) is 18.6 Å². The Labute approximate surface area is 79.5 Å². The van der Waals surface area contributed by atoms with Crippen molar-refractivity contribution in [2.24, 2.45) is 5.73 Å². The van der Waals surface area contributed by atoms with Gasteiger partial charge in [0.15, 0.2) is 0 Å². The van der Waals surface area contributed by atoms with Crippen molar-refractivity contribution < 1.29 is 8.78 Å². The van der Waals surface area contributed by atoms with Crippen LogP contribution in [0.25, 0.3) is 0 Å². The molecule has 1 aliphatic carbocycles. The van der Waals surface area contributed by atoms with E-state index in [9.17, 15) is 8.78 Å². The highest BCUT2D eigenvalue weighted by Gasteiger charge is 2.37. The van der Waals surface area contributed by atoms with Crippen LogP contribution >= 0.6 is 11.6 Å². The van der Waals surface area contributed by atoms with Crippen molar-refractivity contribution in [2.45, 2.75) is 18.4 Å². The lowest BCUT2D eigenvalue weighted by Gasteiger charge is -2.02. The van der Waals surface area contributed by atoms with Gasteiger partial charge in [-0.2, -0.15) is 0 Å². The van der Waals surface area contributed by atoms with Crippen LogP contribution in [0.2, 0.25) is 5.02 Å². The van der Waals surface area contributed by atoms with Crippen molar-refractivity contribution >= 4 is 11.6 Å². The van der Waals surface area contributed by atoms with Crippen LogP contribution in [0, 0.1) is 11.6 Å². The highest BCUT2D eigenvalue weighted by molar-refractivity contribution is 6.30. The molecule has 2 atom stereocenters. The van der Waals surface area contributed by atoms with E-state index in [0.29, 0.717) is 5.56 Å². The van der Waals surface area contributed by atoms with Crippen molar-refractivity contribution in [3.05, 3.63) is 34.4 Å². The SMILES string of the molecule is N[C@@H]1C[C@@H]1c1cc(F)c(Cl)cc1F. The Hall–Kier alpha value is -0.670. The zero-order valence-corrected chi connectivity index (χ0v) is 7.48. The van der Waals surface area contributed by atoms with E-state index in [1.165, 1.54) is 0 Å². The fraction of sp³-hybridized carbons (Fsp3) is 0.333. The molecule has 70 valence electrons. The van der Waals surface area contributed by atoms with Crippen LogP contribution in [0.1, 0.15) is 17.9 Å². The fourth-order valence-electron chi connectivity index (χ4n) is 1.39. The van der Waals surface area contributed by atoms with Gasteiger partial charge in [-0.25, -0.2) is 8.78 Å². The smallest absolute Gasteiger partial charge is 0.142 e. The lowest BCUT2D eigenvalue weighted by Crippen LogP contribution is -2.02. The summed E-state index contributed by atoms with van der Waals surface area (Å²) in [6, 6.07) is 2.10. The molecule has 1 saturated carbocycles. The summed E-state index contributed by atoms with van der Waals surface area (Å²) < 4.78 is 26.1. The van der Waals surface area contributed by atoms with Gasteiger partial charge in [-0.15, -0.1) is 0 Å². The van der Waals surface area contributed by atoms with Gasteiger partial charge < -0.3 is 5.73 Å². The van der Waals surface area contributed by atoms with Gasteiger partial charge in [0, 0.05) is 12.0 Å². The molecule has 0 aromatic heterocycles. The molecular formula is C9H8ClF2N. The molecule has 0 bridgehead atoms. The van der Waals surface area contributed by atoms with Crippen LogP contribution in [0.15, 0.2) is 12.1 Å². The molecule has 1 nitrogen and oxygen atoms in total. The molecule has 4 heteroatoms. The van der Waals surface area contributed by atoms with Crippen LogP contribution in [0.5, 0.6) is 0 Å². The maximum atomic E-state index is 13.2. The third kappa shape index (κ3) is 1.54. The Balaban J connectivity index is 2.41.